The van der Waals surface area contributed by atoms with Crippen molar-refractivity contribution in [2.45, 2.75) is 32.8 Å². The highest BCUT2D eigenvalue weighted by atomic mass is 32.2. The van der Waals surface area contributed by atoms with Gasteiger partial charge in [0.2, 0.25) is 0 Å². The van der Waals surface area contributed by atoms with Gasteiger partial charge >= 0.3 is 12.0 Å². The molecule has 7 nitrogen and oxygen atoms in total. The predicted octanol–water partition coefficient (Wildman–Crippen LogP) is 1.12. The Morgan fingerprint density at radius 2 is 1.96 bits per heavy atom. The Morgan fingerprint density at radius 3 is 2.52 bits per heavy atom. The van der Waals surface area contributed by atoms with Gasteiger partial charge in [-0.25, -0.2) is 4.79 Å². The van der Waals surface area contributed by atoms with E-state index in [2.05, 4.69) is 17.1 Å². The first-order valence-corrected chi connectivity index (χ1v) is 8.86. The molecule has 0 aromatic carbocycles. The topological polar surface area (TPSA) is 87.7 Å². The molecule has 0 radical (unpaired) electrons. The van der Waals surface area contributed by atoms with Gasteiger partial charge in [-0.15, -0.1) is 0 Å². The number of urea groups is 1. The van der Waals surface area contributed by atoms with E-state index in [0.717, 1.165) is 25.9 Å². The molecule has 9 heteroatoms. The van der Waals surface area contributed by atoms with Crippen LogP contribution in [0.3, 0.4) is 0 Å². The minimum absolute atomic E-state index is 0.0441. The standard InChI is InChI=1S/C14H23N3O4S2/c1-9-4-6-17(7-5-9)14(22)23-8-11(18)21-10(2)12(19)16-13(20)15-3/h9-10H,4-8H2,1-3H3,(H2,15,16,19,20). The third kappa shape index (κ3) is 7.17. The van der Waals surface area contributed by atoms with Gasteiger partial charge in [0.05, 0.1) is 5.75 Å². The van der Waals surface area contributed by atoms with Crippen LogP contribution in [0.4, 0.5) is 4.79 Å². The van der Waals surface area contributed by atoms with Gasteiger partial charge < -0.3 is 15.0 Å². The van der Waals surface area contributed by atoms with E-state index in [1.54, 1.807) is 0 Å². The molecule has 0 spiro atoms. The number of likely N-dealkylation sites (tertiary alicyclic amines) is 1. The summed E-state index contributed by atoms with van der Waals surface area (Å²) in [6.07, 6.45) is 1.16. The van der Waals surface area contributed by atoms with Crippen molar-refractivity contribution < 1.29 is 19.1 Å². The SMILES string of the molecule is CNC(=O)NC(=O)C(C)OC(=O)CSC(=S)N1CCC(C)CC1. The second-order valence-corrected chi connectivity index (χ2v) is 7.03. The van der Waals surface area contributed by atoms with E-state index < -0.39 is 24.0 Å². The van der Waals surface area contributed by atoms with Crippen LogP contribution in [0.5, 0.6) is 0 Å². The second-order valence-electron chi connectivity index (χ2n) is 5.42. The molecule has 23 heavy (non-hydrogen) atoms. The molecule has 1 aliphatic rings. The summed E-state index contributed by atoms with van der Waals surface area (Å²) >= 11 is 6.55. The van der Waals surface area contributed by atoms with E-state index in [4.69, 9.17) is 17.0 Å². The summed E-state index contributed by atoms with van der Waals surface area (Å²) in [7, 11) is 1.39. The molecular formula is C14H23N3O4S2. The fraction of sp³-hybridized carbons (Fsp3) is 0.714. The summed E-state index contributed by atoms with van der Waals surface area (Å²) < 4.78 is 5.66. The number of imide groups is 1. The number of nitrogens with one attached hydrogen (secondary N) is 2. The van der Waals surface area contributed by atoms with Crippen LogP contribution in [-0.4, -0.2) is 59.1 Å². The van der Waals surface area contributed by atoms with Gasteiger partial charge in [-0.2, -0.15) is 0 Å². The van der Waals surface area contributed by atoms with Crippen LogP contribution in [0.1, 0.15) is 26.7 Å². The molecule has 1 fully saturated rings. The monoisotopic (exact) mass is 361 g/mol. The average Bonchev–Trinajstić information content (AvgIpc) is 2.52. The van der Waals surface area contributed by atoms with Crippen LogP contribution in [0.2, 0.25) is 0 Å². The van der Waals surface area contributed by atoms with E-state index in [1.807, 2.05) is 5.32 Å². The van der Waals surface area contributed by atoms with Gasteiger partial charge in [-0.3, -0.25) is 14.9 Å². The smallest absolute Gasteiger partial charge is 0.321 e. The number of thiocarbonyl (C=S) groups is 1. The van der Waals surface area contributed by atoms with Crippen molar-refractivity contribution in [3.63, 3.8) is 0 Å². The lowest BCUT2D eigenvalue weighted by Crippen LogP contribution is -2.43. The summed E-state index contributed by atoms with van der Waals surface area (Å²) in [6, 6.07) is -0.646. The lowest BCUT2D eigenvalue weighted by atomic mass is 10.00. The molecule has 1 saturated heterocycles. The number of carbonyl (C=O) groups is 3. The third-order valence-corrected chi connectivity index (χ3v) is 4.99. The molecule has 1 unspecified atom stereocenters. The molecule has 0 saturated carbocycles. The van der Waals surface area contributed by atoms with Crippen LogP contribution >= 0.6 is 24.0 Å². The number of ether oxygens (including phenoxy) is 1. The van der Waals surface area contributed by atoms with Gasteiger partial charge in [0, 0.05) is 20.1 Å². The summed E-state index contributed by atoms with van der Waals surface area (Å²) in [5.74, 6) is -0.455. The van der Waals surface area contributed by atoms with E-state index in [0.29, 0.717) is 10.2 Å². The van der Waals surface area contributed by atoms with Crippen molar-refractivity contribution in [1.82, 2.24) is 15.5 Å². The number of thioether (sulfide) groups is 1. The van der Waals surface area contributed by atoms with E-state index >= 15 is 0 Å². The molecule has 0 aromatic rings. The fourth-order valence-corrected chi connectivity index (χ4v) is 3.00. The van der Waals surface area contributed by atoms with Gasteiger partial charge in [-0.05, 0) is 25.7 Å². The zero-order valence-corrected chi connectivity index (χ0v) is 15.2. The summed E-state index contributed by atoms with van der Waals surface area (Å²) in [5.41, 5.74) is 0. The summed E-state index contributed by atoms with van der Waals surface area (Å²) in [4.78, 5) is 36.4. The van der Waals surface area contributed by atoms with Crippen LogP contribution in [0, 0.1) is 5.92 Å². The fourth-order valence-electron chi connectivity index (χ4n) is 1.96. The highest BCUT2D eigenvalue weighted by Crippen LogP contribution is 2.20. The Labute approximate surface area is 145 Å². The van der Waals surface area contributed by atoms with E-state index in [9.17, 15) is 14.4 Å². The molecule has 3 amide bonds. The Bertz CT molecular complexity index is 465. The number of esters is 1. The number of hydrogen-bond donors (Lipinski definition) is 2. The maximum absolute atomic E-state index is 11.8. The molecule has 0 bridgehead atoms. The molecule has 1 heterocycles. The van der Waals surface area contributed by atoms with Crippen molar-refractivity contribution in [2.75, 3.05) is 25.9 Å². The number of amides is 3. The number of hydrogen-bond acceptors (Lipinski definition) is 6. The Balaban J connectivity index is 2.29. The molecule has 130 valence electrons. The maximum Gasteiger partial charge on any atom is 0.321 e. The van der Waals surface area contributed by atoms with E-state index in [-0.39, 0.29) is 5.75 Å². The summed E-state index contributed by atoms with van der Waals surface area (Å²) in [5, 5.41) is 4.29. The first kappa shape index (κ1) is 19.7. The molecule has 2 N–H and O–H groups in total. The van der Waals surface area contributed by atoms with Crippen molar-refractivity contribution in [2.24, 2.45) is 5.92 Å². The zero-order valence-electron chi connectivity index (χ0n) is 13.6. The molecule has 1 rings (SSSR count). The number of carbonyl (C=O) groups excluding carboxylic acids is 3. The zero-order chi connectivity index (χ0) is 17.4. The largest absolute Gasteiger partial charge is 0.452 e. The molecule has 1 atom stereocenters. The van der Waals surface area contributed by atoms with Gasteiger partial charge in [-0.1, -0.05) is 30.9 Å². The third-order valence-electron chi connectivity index (χ3n) is 3.50. The normalized spacial score (nSPS) is 16.4. The lowest BCUT2D eigenvalue weighted by molar-refractivity contribution is -0.151. The van der Waals surface area contributed by atoms with Gasteiger partial charge in [0.1, 0.15) is 4.32 Å². The minimum Gasteiger partial charge on any atom is -0.452 e. The van der Waals surface area contributed by atoms with Crippen LogP contribution in [0.25, 0.3) is 0 Å². The van der Waals surface area contributed by atoms with Crippen molar-refractivity contribution in [1.29, 1.82) is 0 Å². The van der Waals surface area contributed by atoms with Crippen molar-refractivity contribution in [3.05, 3.63) is 0 Å². The predicted molar refractivity (Wildman–Crippen MR) is 93.2 cm³/mol. The lowest BCUT2D eigenvalue weighted by Gasteiger charge is -2.31. The minimum atomic E-state index is -1.04. The van der Waals surface area contributed by atoms with Crippen molar-refractivity contribution >= 4 is 46.2 Å². The molecule has 0 aromatic heterocycles. The van der Waals surface area contributed by atoms with Gasteiger partial charge in [0.15, 0.2) is 6.10 Å². The van der Waals surface area contributed by atoms with Crippen molar-refractivity contribution in [3.8, 4) is 0 Å². The maximum atomic E-state index is 11.8. The Hall–Kier alpha value is -1.35. The first-order chi connectivity index (χ1) is 10.8. The van der Waals surface area contributed by atoms with Gasteiger partial charge in [0.25, 0.3) is 5.91 Å². The highest BCUT2D eigenvalue weighted by molar-refractivity contribution is 8.23. The Kier molecular flexibility index (Phi) is 8.32. The Morgan fingerprint density at radius 1 is 1.35 bits per heavy atom. The summed E-state index contributed by atoms with van der Waals surface area (Å²) in [6.45, 7) is 5.45. The number of piperidine rings is 1. The van der Waals surface area contributed by atoms with Crippen LogP contribution in [-0.2, 0) is 14.3 Å². The average molecular weight is 361 g/mol. The quantitative estimate of drug-likeness (QED) is 0.573. The van der Waals surface area contributed by atoms with Crippen LogP contribution < -0.4 is 10.6 Å². The number of rotatable bonds is 4. The number of nitrogens with zero attached hydrogens (tertiary/aromatic N) is 1. The second kappa shape index (κ2) is 9.71. The molecule has 1 aliphatic heterocycles. The molecular weight excluding hydrogens is 338 g/mol. The first-order valence-electron chi connectivity index (χ1n) is 7.47. The van der Waals surface area contributed by atoms with E-state index in [1.165, 1.54) is 25.7 Å². The van der Waals surface area contributed by atoms with Crippen LogP contribution in [0.15, 0.2) is 0 Å². The highest BCUT2D eigenvalue weighted by Gasteiger charge is 2.22. The molecule has 0 aliphatic carbocycles.